The van der Waals surface area contributed by atoms with Crippen molar-refractivity contribution in [3.63, 3.8) is 0 Å². The molecule has 1 aliphatic carbocycles. The molecule has 0 spiro atoms. The lowest BCUT2D eigenvalue weighted by molar-refractivity contribution is -0.119. The van der Waals surface area contributed by atoms with Gasteiger partial charge in [0.05, 0.1) is 17.6 Å². The third kappa shape index (κ3) is 4.75. The van der Waals surface area contributed by atoms with E-state index in [1.807, 2.05) is 17.0 Å². The van der Waals surface area contributed by atoms with Gasteiger partial charge in [0.1, 0.15) is 5.82 Å². The molecule has 2 N–H and O–H groups in total. The Balaban J connectivity index is 1.24. The van der Waals surface area contributed by atoms with Gasteiger partial charge in [0.15, 0.2) is 0 Å². The van der Waals surface area contributed by atoms with Gasteiger partial charge in [-0.2, -0.15) is 0 Å². The van der Waals surface area contributed by atoms with E-state index in [1.54, 1.807) is 19.2 Å². The number of anilines is 2. The van der Waals surface area contributed by atoms with Crippen molar-refractivity contribution in [3.8, 4) is 0 Å². The lowest BCUT2D eigenvalue weighted by Crippen LogP contribution is -2.35. The van der Waals surface area contributed by atoms with Crippen LogP contribution in [0.1, 0.15) is 54.8 Å². The molecule has 2 aliphatic rings. The molecule has 29 heavy (non-hydrogen) atoms. The number of amides is 2. The monoisotopic (exact) mass is 397 g/mol. The van der Waals surface area contributed by atoms with Gasteiger partial charge in [0.2, 0.25) is 11.7 Å². The first-order chi connectivity index (χ1) is 14.1. The first-order valence-electron chi connectivity index (χ1n) is 10.3. The fraction of sp³-hybridized carbons (Fsp3) is 0.524. The molecule has 4 rings (SSSR count). The van der Waals surface area contributed by atoms with Gasteiger partial charge in [-0.1, -0.05) is 5.16 Å². The van der Waals surface area contributed by atoms with Gasteiger partial charge in [0.25, 0.3) is 5.91 Å². The molecule has 8 heteroatoms. The van der Waals surface area contributed by atoms with Crippen molar-refractivity contribution in [2.45, 2.75) is 51.5 Å². The average molecular weight is 397 g/mol. The van der Waals surface area contributed by atoms with Gasteiger partial charge < -0.3 is 20.1 Å². The second-order valence-corrected chi connectivity index (χ2v) is 7.97. The van der Waals surface area contributed by atoms with Crippen LogP contribution in [0, 0.1) is 12.8 Å². The SMILES string of the molecule is Cc1cc(C(=O)NC[C@@H]2CC[C@H](Nc3ccc(N4CCCCC4=O)cn3)C2)on1. The molecule has 1 saturated carbocycles. The van der Waals surface area contributed by atoms with Crippen LogP contribution >= 0.6 is 0 Å². The summed E-state index contributed by atoms with van der Waals surface area (Å²) in [6.07, 6.45) is 7.48. The van der Waals surface area contributed by atoms with Crippen LogP contribution < -0.4 is 15.5 Å². The fourth-order valence-electron chi connectivity index (χ4n) is 4.11. The largest absolute Gasteiger partial charge is 0.367 e. The number of carbonyl (C=O) groups excluding carboxylic acids is 2. The lowest BCUT2D eigenvalue weighted by Gasteiger charge is -2.26. The van der Waals surface area contributed by atoms with Gasteiger partial charge in [0, 0.05) is 31.6 Å². The fourth-order valence-corrected chi connectivity index (χ4v) is 4.11. The Kier molecular flexibility index (Phi) is 5.78. The van der Waals surface area contributed by atoms with Crippen LogP contribution in [0.25, 0.3) is 0 Å². The third-order valence-electron chi connectivity index (χ3n) is 5.68. The molecule has 8 nitrogen and oxygen atoms in total. The van der Waals surface area contributed by atoms with Gasteiger partial charge in [-0.3, -0.25) is 9.59 Å². The Morgan fingerprint density at radius 2 is 2.21 bits per heavy atom. The first kappa shape index (κ1) is 19.4. The van der Waals surface area contributed by atoms with E-state index in [0.29, 0.717) is 30.6 Å². The number of piperidine rings is 1. The van der Waals surface area contributed by atoms with Crippen molar-refractivity contribution < 1.29 is 14.1 Å². The van der Waals surface area contributed by atoms with Crippen LogP contribution in [0.15, 0.2) is 28.9 Å². The molecule has 3 heterocycles. The number of hydrogen-bond acceptors (Lipinski definition) is 6. The third-order valence-corrected chi connectivity index (χ3v) is 5.68. The first-order valence-corrected chi connectivity index (χ1v) is 10.3. The van der Waals surface area contributed by atoms with Crippen molar-refractivity contribution in [2.75, 3.05) is 23.3 Å². The summed E-state index contributed by atoms with van der Waals surface area (Å²) in [5, 5.41) is 10.2. The van der Waals surface area contributed by atoms with E-state index in [2.05, 4.69) is 20.8 Å². The summed E-state index contributed by atoms with van der Waals surface area (Å²) in [5.74, 6) is 1.47. The van der Waals surface area contributed by atoms with Crippen molar-refractivity contribution >= 4 is 23.3 Å². The maximum Gasteiger partial charge on any atom is 0.289 e. The highest BCUT2D eigenvalue weighted by atomic mass is 16.5. The minimum atomic E-state index is -0.216. The van der Waals surface area contributed by atoms with E-state index in [4.69, 9.17) is 4.52 Å². The zero-order chi connectivity index (χ0) is 20.2. The Hall–Kier alpha value is -2.90. The second-order valence-electron chi connectivity index (χ2n) is 7.97. The number of pyridine rings is 1. The highest BCUT2D eigenvalue weighted by molar-refractivity contribution is 5.93. The Morgan fingerprint density at radius 1 is 1.31 bits per heavy atom. The molecule has 0 unspecified atom stereocenters. The summed E-state index contributed by atoms with van der Waals surface area (Å²) in [6, 6.07) is 5.88. The van der Waals surface area contributed by atoms with Gasteiger partial charge >= 0.3 is 0 Å². The standard InChI is InChI=1S/C21H27N5O3/c1-14-10-18(29-25-14)21(28)23-12-15-5-6-16(11-15)24-19-8-7-17(13-22-19)26-9-3-2-4-20(26)27/h7-8,10,13,15-16H,2-6,9,11-12H2,1H3,(H,22,24)(H,23,28)/t15-,16+/m1/s1. The summed E-state index contributed by atoms with van der Waals surface area (Å²) in [5.41, 5.74) is 1.57. The molecule has 2 amide bonds. The van der Waals surface area contributed by atoms with Crippen molar-refractivity contribution in [1.29, 1.82) is 0 Å². The molecule has 0 radical (unpaired) electrons. The second kappa shape index (κ2) is 8.63. The van der Waals surface area contributed by atoms with E-state index in [1.165, 1.54) is 0 Å². The van der Waals surface area contributed by atoms with Crippen LogP contribution in [0.3, 0.4) is 0 Å². The lowest BCUT2D eigenvalue weighted by atomic mass is 10.1. The number of carbonyl (C=O) groups is 2. The quantitative estimate of drug-likeness (QED) is 0.777. The zero-order valence-electron chi connectivity index (χ0n) is 16.7. The minimum Gasteiger partial charge on any atom is -0.367 e. The van der Waals surface area contributed by atoms with E-state index in [0.717, 1.165) is 50.2 Å². The van der Waals surface area contributed by atoms with Crippen LogP contribution in [-0.4, -0.2) is 41.1 Å². The predicted molar refractivity (Wildman–Crippen MR) is 109 cm³/mol. The maximum absolute atomic E-state index is 12.1. The molecule has 154 valence electrons. The summed E-state index contributed by atoms with van der Waals surface area (Å²) in [4.78, 5) is 30.4. The van der Waals surface area contributed by atoms with Crippen LogP contribution in [-0.2, 0) is 4.79 Å². The normalized spacial score (nSPS) is 22.0. The van der Waals surface area contributed by atoms with Crippen molar-refractivity contribution in [3.05, 3.63) is 35.9 Å². The summed E-state index contributed by atoms with van der Waals surface area (Å²) >= 11 is 0. The Bertz CT molecular complexity index is 863. The topological polar surface area (TPSA) is 100 Å². The van der Waals surface area contributed by atoms with Crippen molar-refractivity contribution in [2.24, 2.45) is 5.92 Å². The molecule has 2 aromatic rings. The molecule has 0 bridgehead atoms. The number of hydrogen-bond donors (Lipinski definition) is 2. The molecule has 2 aromatic heterocycles. The summed E-state index contributed by atoms with van der Waals surface area (Å²) in [7, 11) is 0. The van der Waals surface area contributed by atoms with E-state index >= 15 is 0 Å². The minimum absolute atomic E-state index is 0.180. The number of rotatable bonds is 6. The Labute approximate surface area is 170 Å². The zero-order valence-corrected chi connectivity index (χ0v) is 16.7. The summed E-state index contributed by atoms with van der Waals surface area (Å²) in [6.45, 7) is 3.19. The van der Waals surface area contributed by atoms with Crippen LogP contribution in [0.2, 0.25) is 0 Å². The Morgan fingerprint density at radius 3 is 2.93 bits per heavy atom. The van der Waals surface area contributed by atoms with Gasteiger partial charge in [-0.15, -0.1) is 0 Å². The smallest absolute Gasteiger partial charge is 0.289 e. The molecule has 1 aliphatic heterocycles. The molecule has 2 fully saturated rings. The molecular formula is C21H27N5O3. The highest BCUT2D eigenvalue weighted by Crippen LogP contribution is 2.28. The van der Waals surface area contributed by atoms with Gasteiger partial charge in [-0.05, 0) is 57.1 Å². The van der Waals surface area contributed by atoms with E-state index in [9.17, 15) is 9.59 Å². The maximum atomic E-state index is 12.1. The van der Waals surface area contributed by atoms with E-state index < -0.39 is 0 Å². The highest BCUT2D eigenvalue weighted by Gasteiger charge is 2.26. The predicted octanol–water partition coefficient (Wildman–Crippen LogP) is 2.91. The summed E-state index contributed by atoms with van der Waals surface area (Å²) < 4.78 is 4.99. The van der Waals surface area contributed by atoms with Gasteiger partial charge in [-0.25, -0.2) is 4.98 Å². The number of aromatic nitrogens is 2. The molecule has 0 aromatic carbocycles. The van der Waals surface area contributed by atoms with Crippen LogP contribution in [0.5, 0.6) is 0 Å². The number of nitrogens with one attached hydrogen (secondary N) is 2. The van der Waals surface area contributed by atoms with Crippen LogP contribution in [0.4, 0.5) is 11.5 Å². The molecule has 2 atom stereocenters. The van der Waals surface area contributed by atoms with E-state index in [-0.39, 0.29) is 17.6 Å². The number of aryl methyl sites for hydroxylation is 1. The number of nitrogens with zero attached hydrogens (tertiary/aromatic N) is 3. The molecule has 1 saturated heterocycles. The van der Waals surface area contributed by atoms with Crippen molar-refractivity contribution in [1.82, 2.24) is 15.5 Å². The molecular weight excluding hydrogens is 370 g/mol. The average Bonchev–Trinajstić information content (AvgIpc) is 3.36.